The number of likely N-dealkylation sites (tertiary alicyclic amines) is 1. The first-order valence-corrected chi connectivity index (χ1v) is 9.66. The van der Waals surface area contributed by atoms with Crippen LogP contribution in [0.1, 0.15) is 24.0 Å². The Balaban J connectivity index is 1.84. The van der Waals surface area contributed by atoms with Crippen molar-refractivity contribution < 1.29 is 22.6 Å². The second-order valence-electron chi connectivity index (χ2n) is 6.76. The summed E-state index contributed by atoms with van der Waals surface area (Å²) < 4.78 is 44.5. The topological polar surface area (TPSA) is 84.5 Å². The van der Waals surface area contributed by atoms with E-state index in [0.29, 0.717) is 12.4 Å². The smallest absolute Gasteiger partial charge is 0.394 e. The molecule has 7 nitrogen and oxygen atoms in total. The SMILES string of the molecule is C=N/C=C(/N)C(=NCc1ccc(CN2CCCC2)cc1)NCOCCOC(F)(F)F. The fourth-order valence-electron chi connectivity index (χ4n) is 2.94. The molecule has 2 rings (SSSR count). The van der Waals surface area contributed by atoms with Crippen molar-refractivity contribution in [2.24, 2.45) is 15.7 Å². The van der Waals surface area contributed by atoms with Crippen molar-refractivity contribution in [1.82, 2.24) is 10.2 Å². The van der Waals surface area contributed by atoms with Crippen LogP contribution in [-0.4, -0.2) is 56.8 Å². The zero-order valence-corrected chi connectivity index (χ0v) is 16.8. The number of nitrogens with zero attached hydrogens (tertiary/aromatic N) is 3. The summed E-state index contributed by atoms with van der Waals surface area (Å²) in [5.74, 6) is 0.320. The van der Waals surface area contributed by atoms with Crippen LogP contribution < -0.4 is 11.1 Å². The fraction of sp³-hybridized carbons (Fsp3) is 0.500. The molecule has 0 atom stereocenters. The van der Waals surface area contributed by atoms with E-state index in [-0.39, 0.29) is 19.0 Å². The molecule has 30 heavy (non-hydrogen) atoms. The molecule has 0 aromatic heterocycles. The third-order valence-electron chi connectivity index (χ3n) is 4.39. The first-order valence-electron chi connectivity index (χ1n) is 9.66. The van der Waals surface area contributed by atoms with Gasteiger partial charge in [0.05, 0.1) is 31.7 Å². The van der Waals surface area contributed by atoms with Gasteiger partial charge in [-0.15, -0.1) is 13.2 Å². The predicted octanol–water partition coefficient (Wildman–Crippen LogP) is 2.78. The monoisotopic (exact) mass is 427 g/mol. The summed E-state index contributed by atoms with van der Waals surface area (Å²) in [6.45, 7) is 6.05. The molecule has 0 radical (unpaired) electrons. The third-order valence-corrected chi connectivity index (χ3v) is 4.39. The summed E-state index contributed by atoms with van der Waals surface area (Å²) in [4.78, 5) is 10.5. The molecule has 1 aliphatic heterocycles. The van der Waals surface area contributed by atoms with Crippen LogP contribution in [0, 0.1) is 0 Å². The molecular weight excluding hydrogens is 399 g/mol. The Morgan fingerprint density at radius 2 is 1.83 bits per heavy atom. The van der Waals surface area contributed by atoms with Crippen molar-refractivity contribution >= 4 is 12.6 Å². The van der Waals surface area contributed by atoms with Crippen LogP contribution in [0.4, 0.5) is 13.2 Å². The maximum atomic E-state index is 11.9. The minimum absolute atomic E-state index is 0.0828. The lowest BCUT2D eigenvalue weighted by Gasteiger charge is -2.14. The highest BCUT2D eigenvalue weighted by Crippen LogP contribution is 2.15. The van der Waals surface area contributed by atoms with E-state index >= 15 is 0 Å². The van der Waals surface area contributed by atoms with Crippen molar-refractivity contribution in [3.05, 3.63) is 47.3 Å². The molecule has 0 bridgehead atoms. The number of alkyl halides is 3. The Hall–Kier alpha value is -2.43. The standard InChI is InChI=1S/C20H28F3N5O2/c1-25-13-18(24)19(27-15-29-10-11-30-20(21,22)23)26-12-16-4-6-17(7-5-16)14-28-8-2-3-9-28/h4-7,13H,1-3,8-12,14-15,24H2,(H,26,27)/b18-13+. The first-order chi connectivity index (χ1) is 14.4. The summed E-state index contributed by atoms with van der Waals surface area (Å²) >= 11 is 0. The largest absolute Gasteiger partial charge is 0.522 e. The van der Waals surface area contributed by atoms with Gasteiger partial charge in [0.1, 0.15) is 12.6 Å². The van der Waals surface area contributed by atoms with Crippen LogP contribution in [-0.2, 0) is 22.6 Å². The van der Waals surface area contributed by atoms with Gasteiger partial charge in [0.2, 0.25) is 0 Å². The number of aliphatic imine (C=N–C) groups is 2. The van der Waals surface area contributed by atoms with Gasteiger partial charge < -0.3 is 15.8 Å². The van der Waals surface area contributed by atoms with Crippen LogP contribution >= 0.6 is 0 Å². The lowest BCUT2D eigenvalue weighted by molar-refractivity contribution is -0.327. The highest BCUT2D eigenvalue weighted by atomic mass is 19.4. The molecule has 0 amide bonds. The number of hydrogen-bond donors (Lipinski definition) is 2. The van der Waals surface area contributed by atoms with Gasteiger partial charge in [0, 0.05) is 6.54 Å². The Labute approximate surface area is 174 Å². The van der Waals surface area contributed by atoms with Crippen LogP contribution in [0.15, 0.2) is 46.1 Å². The van der Waals surface area contributed by atoms with Crippen molar-refractivity contribution in [2.75, 3.05) is 33.0 Å². The zero-order valence-electron chi connectivity index (χ0n) is 16.8. The van der Waals surface area contributed by atoms with E-state index in [1.54, 1.807) is 0 Å². The van der Waals surface area contributed by atoms with E-state index in [2.05, 4.69) is 43.8 Å². The fourth-order valence-corrected chi connectivity index (χ4v) is 2.94. The average molecular weight is 427 g/mol. The maximum Gasteiger partial charge on any atom is 0.522 e. The molecule has 3 N–H and O–H groups in total. The van der Waals surface area contributed by atoms with Crippen molar-refractivity contribution in [2.45, 2.75) is 32.3 Å². The van der Waals surface area contributed by atoms with Crippen LogP contribution in [0.3, 0.4) is 0 Å². The Morgan fingerprint density at radius 1 is 1.17 bits per heavy atom. The highest BCUT2D eigenvalue weighted by Gasteiger charge is 2.28. The lowest BCUT2D eigenvalue weighted by Crippen LogP contribution is -2.32. The molecule has 0 saturated carbocycles. The van der Waals surface area contributed by atoms with Crippen molar-refractivity contribution in [1.29, 1.82) is 0 Å². The Bertz CT molecular complexity index is 714. The number of ether oxygens (including phenoxy) is 2. The molecule has 1 heterocycles. The Morgan fingerprint density at radius 3 is 2.47 bits per heavy atom. The van der Waals surface area contributed by atoms with E-state index in [1.165, 1.54) is 24.6 Å². The van der Waals surface area contributed by atoms with Gasteiger partial charge in [-0.05, 0) is 43.8 Å². The number of amidine groups is 1. The third kappa shape index (κ3) is 9.38. The van der Waals surface area contributed by atoms with Gasteiger partial charge >= 0.3 is 6.36 Å². The molecular formula is C20H28F3N5O2. The van der Waals surface area contributed by atoms with E-state index in [1.807, 2.05) is 12.1 Å². The van der Waals surface area contributed by atoms with E-state index in [9.17, 15) is 13.2 Å². The molecule has 1 aromatic rings. The lowest BCUT2D eigenvalue weighted by atomic mass is 10.1. The summed E-state index contributed by atoms with van der Waals surface area (Å²) in [6, 6.07) is 8.21. The van der Waals surface area contributed by atoms with Gasteiger partial charge in [-0.2, -0.15) is 0 Å². The van der Waals surface area contributed by atoms with Gasteiger partial charge in [0.15, 0.2) is 0 Å². The van der Waals surface area contributed by atoms with Crippen molar-refractivity contribution in [3.8, 4) is 0 Å². The second-order valence-corrected chi connectivity index (χ2v) is 6.76. The molecule has 1 aliphatic rings. The van der Waals surface area contributed by atoms with Crippen molar-refractivity contribution in [3.63, 3.8) is 0 Å². The number of halogens is 3. The van der Waals surface area contributed by atoms with Gasteiger partial charge in [-0.25, -0.2) is 0 Å². The van der Waals surface area contributed by atoms with Crippen LogP contribution in [0.2, 0.25) is 0 Å². The minimum atomic E-state index is -4.67. The predicted molar refractivity (Wildman–Crippen MR) is 110 cm³/mol. The van der Waals surface area contributed by atoms with Crippen LogP contribution in [0.5, 0.6) is 0 Å². The Kier molecular flexibility index (Phi) is 9.78. The maximum absolute atomic E-state index is 11.9. The molecule has 0 unspecified atom stereocenters. The molecule has 1 aromatic carbocycles. The molecule has 1 saturated heterocycles. The molecule has 166 valence electrons. The molecule has 10 heteroatoms. The van der Waals surface area contributed by atoms with E-state index in [4.69, 9.17) is 10.5 Å². The summed E-state index contributed by atoms with van der Waals surface area (Å²) in [5.41, 5.74) is 8.40. The zero-order chi connectivity index (χ0) is 21.8. The van der Waals surface area contributed by atoms with E-state index < -0.39 is 13.0 Å². The quantitative estimate of drug-likeness (QED) is 0.246. The molecule has 0 spiro atoms. The number of nitrogens with two attached hydrogens (primary N) is 1. The normalized spacial score (nSPS) is 16.1. The van der Waals surface area contributed by atoms with Gasteiger partial charge in [-0.3, -0.25) is 19.6 Å². The van der Waals surface area contributed by atoms with Gasteiger partial charge in [0.25, 0.3) is 0 Å². The van der Waals surface area contributed by atoms with Gasteiger partial charge in [-0.1, -0.05) is 24.3 Å². The van der Waals surface area contributed by atoms with Crippen LogP contribution in [0.25, 0.3) is 0 Å². The number of hydrogen-bond acceptors (Lipinski definition) is 6. The molecule has 0 aliphatic carbocycles. The number of benzene rings is 1. The second kappa shape index (κ2) is 12.3. The number of rotatable bonds is 11. The first kappa shape index (κ1) is 23.8. The minimum Gasteiger partial charge on any atom is -0.394 e. The highest BCUT2D eigenvalue weighted by molar-refractivity contribution is 5.97. The summed E-state index contributed by atoms with van der Waals surface area (Å²) in [7, 11) is 0. The number of nitrogens with one attached hydrogen (secondary N) is 1. The molecule has 1 fully saturated rings. The summed E-state index contributed by atoms with van der Waals surface area (Å²) in [6.07, 6.45) is -0.819. The summed E-state index contributed by atoms with van der Waals surface area (Å²) in [5, 5.41) is 2.84. The van der Waals surface area contributed by atoms with E-state index in [0.717, 1.165) is 25.2 Å². The average Bonchev–Trinajstić information content (AvgIpc) is 3.20.